The highest BCUT2D eigenvalue weighted by Crippen LogP contribution is 2.59. The van der Waals surface area contributed by atoms with E-state index in [2.05, 4.69) is 163 Å². The maximum atomic E-state index is 10.3. The van der Waals surface area contributed by atoms with E-state index in [1.807, 2.05) is 0 Å². The summed E-state index contributed by atoms with van der Waals surface area (Å²) in [7, 11) is 0. The van der Waals surface area contributed by atoms with Crippen molar-refractivity contribution in [3.8, 4) is 67.8 Å². The summed E-state index contributed by atoms with van der Waals surface area (Å²) >= 11 is 0. The second kappa shape index (κ2) is 27.2. The number of benzene rings is 6. The van der Waals surface area contributed by atoms with Gasteiger partial charge < -0.3 is 0 Å². The minimum atomic E-state index is -0.0929. The molecule has 6 aromatic rings. The highest BCUT2D eigenvalue weighted by Gasteiger charge is 2.46. The highest BCUT2D eigenvalue weighted by molar-refractivity contribution is 5.90. The molecule has 6 aromatic carbocycles. The lowest BCUT2D eigenvalue weighted by atomic mass is 9.69. The van der Waals surface area contributed by atoms with E-state index in [9.17, 15) is 10.5 Å². The molecule has 414 valence electrons. The first kappa shape index (κ1) is 58.0. The van der Waals surface area contributed by atoms with Crippen molar-refractivity contribution in [1.29, 1.82) is 10.5 Å². The summed E-state index contributed by atoms with van der Waals surface area (Å²) in [5.41, 5.74) is 23.9. The zero-order valence-corrected chi connectivity index (χ0v) is 50.0. The van der Waals surface area contributed by atoms with Gasteiger partial charge in [-0.1, -0.05) is 256 Å². The van der Waals surface area contributed by atoms with Gasteiger partial charge in [0.25, 0.3) is 0 Å². The molecule has 0 N–H and O–H groups in total. The number of unbranched alkanes of at least 4 members (excludes halogenated alkanes) is 18. The zero-order chi connectivity index (χ0) is 55.2. The fourth-order valence-corrected chi connectivity index (χ4v) is 15.5. The number of hydrogen-bond acceptors (Lipinski definition) is 2. The lowest BCUT2D eigenvalue weighted by Crippen LogP contribution is -2.26. The van der Waals surface area contributed by atoms with Gasteiger partial charge in [0, 0.05) is 16.2 Å². The third-order valence-electron chi connectivity index (χ3n) is 19.7. The summed E-state index contributed by atoms with van der Waals surface area (Å²) < 4.78 is 0. The maximum absolute atomic E-state index is 10.3. The SMILES string of the molecule is CCCCCCC1(CCCCCC)c2cc(C#N)ccc2-c2ccc(-c3ccc4c(c3)C(CCCCCC)(CCCCCC)c3cc(-c5ccc6c(c5)C(CCCCCC)(CCCCCC)c5cc(C#N)ccc5-6)ccc3-4)cc21. The molecule has 0 aliphatic heterocycles. The molecule has 9 rings (SSSR count). The van der Waals surface area contributed by atoms with Crippen molar-refractivity contribution in [1.82, 2.24) is 0 Å². The van der Waals surface area contributed by atoms with E-state index in [1.165, 1.54) is 245 Å². The van der Waals surface area contributed by atoms with Gasteiger partial charge in [-0.15, -0.1) is 0 Å². The quantitative estimate of drug-likeness (QED) is 0.0395. The lowest BCUT2D eigenvalue weighted by molar-refractivity contribution is 0.400. The molecule has 0 amide bonds. The van der Waals surface area contributed by atoms with Crippen molar-refractivity contribution in [2.45, 2.75) is 250 Å². The fourth-order valence-electron chi connectivity index (χ4n) is 15.5. The Bertz CT molecular complexity index is 2860. The van der Waals surface area contributed by atoms with Crippen LogP contribution in [0.1, 0.15) is 279 Å². The van der Waals surface area contributed by atoms with Crippen LogP contribution >= 0.6 is 0 Å². The van der Waals surface area contributed by atoms with Crippen LogP contribution in [0, 0.1) is 22.7 Å². The van der Waals surface area contributed by atoms with Gasteiger partial charge in [-0.25, -0.2) is 0 Å². The molecule has 3 aliphatic carbocycles. The molecular weight excluding hydrogens is 953 g/mol. The van der Waals surface area contributed by atoms with Crippen LogP contribution in [0.4, 0.5) is 0 Å². The third-order valence-corrected chi connectivity index (χ3v) is 19.7. The van der Waals surface area contributed by atoms with Crippen LogP contribution in [-0.4, -0.2) is 0 Å². The summed E-state index contributed by atoms with van der Waals surface area (Å²) in [6.45, 7) is 14.0. The summed E-state index contributed by atoms with van der Waals surface area (Å²) in [4.78, 5) is 0. The van der Waals surface area contributed by atoms with Crippen molar-refractivity contribution >= 4 is 0 Å². The number of nitrogens with zero attached hydrogens (tertiary/aromatic N) is 2. The first-order valence-corrected chi connectivity index (χ1v) is 32.5. The van der Waals surface area contributed by atoms with E-state index < -0.39 is 0 Å². The van der Waals surface area contributed by atoms with E-state index in [1.54, 1.807) is 11.1 Å². The molecule has 2 nitrogen and oxygen atoms in total. The minimum Gasteiger partial charge on any atom is -0.192 e. The van der Waals surface area contributed by atoms with Crippen LogP contribution in [0.25, 0.3) is 55.6 Å². The van der Waals surface area contributed by atoms with Crippen LogP contribution in [0.2, 0.25) is 0 Å². The van der Waals surface area contributed by atoms with Crippen LogP contribution < -0.4 is 0 Å². The van der Waals surface area contributed by atoms with E-state index in [0.717, 1.165) is 36.8 Å². The monoisotopic (exact) mass is 1050 g/mol. The second-order valence-corrected chi connectivity index (χ2v) is 24.9. The van der Waals surface area contributed by atoms with Crippen molar-refractivity contribution in [2.24, 2.45) is 0 Å². The number of hydrogen-bond donors (Lipinski definition) is 0. The molecule has 0 saturated heterocycles. The maximum Gasteiger partial charge on any atom is 0.0991 e. The number of fused-ring (bicyclic) bond motifs is 9. The average molecular weight is 1050 g/mol. The Kier molecular flexibility index (Phi) is 19.9. The Labute approximate surface area is 479 Å². The molecule has 0 bridgehead atoms. The predicted octanol–water partition coefficient (Wildman–Crippen LogP) is 23.4. The van der Waals surface area contributed by atoms with Gasteiger partial charge in [0.2, 0.25) is 0 Å². The van der Waals surface area contributed by atoms with E-state index in [0.29, 0.717) is 0 Å². The molecule has 3 aliphatic rings. The van der Waals surface area contributed by atoms with Gasteiger partial charge in [-0.2, -0.15) is 10.5 Å². The van der Waals surface area contributed by atoms with Gasteiger partial charge in [-0.05, 0) is 176 Å². The van der Waals surface area contributed by atoms with E-state index in [-0.39, 0.29) is 16.2 Å². The Balaban J connectivity index is 1.17. The molecule has 0 saturated carbocycles. The Morgan fingerprint density at radius 1 is 0.253 bits per heavy atom. The third kappa shape index (κ3) is 11.8. The normalized spacial score (nSPS) is 14.5. The molecule has 79 heavy (non-hydrogen) atoms. The van der Waals surface area contributed by atoms with Gasteiger partial charge >= 0.3 is 0 Å². The standard InChI is InChI=1S/C77H96N2/c1-7-13-19-25-43-75(44-26-20-14-8-2)69-49-57(55-78)31-37-63(69)65-39-33-59(51-71(65)75)61-35-41-67-68-42-36-62(54-74(68)77(73(67)53-61,47-29-23-17-11-5)48-30-24-18-12-6)60-34-40-66-64-38-32-58(56-79)50-70(64)76(72(66)52-60,45-27-21-15-9-3)46-28-22-16-10-4/h31-42,49-54H,7-30,43-48H2,1-6H3. The summed E-state index contributed by atoms with van der Waals surface area (Å²) in [5, 5.41) is 20.6. The molecule has 0 atom stereocenters. The Morgan fingerprint density at radius 3 is 0.658 bits per heavy atom. The van der Waals surface area contributed by atoms with Crippen molar-refractivity contribution < 1.29 is 0 Å². The van der Waals surface area contributed by atoms with Gasteiger partial charge in [0.05, 0.1) is 23.3 Å². The van der Waals surface area contributed by atoms with Crippen molar-refractivity contribution in [3.63, 3.8) is 0 Å². The molecule has 2 heteroatoms. The molecule has 0 unspecified atom stereocenters. The first-order valence-electron chi connectivity index (χ1n) is 32.5. The molecule has 0 heterocycles. The van der Waals surface area contributed by atoms with Gasteiger partial charge in [0.1, 0.15) is 0 Å². The minimum absolute atomic E-state index is 0.0793. The molecule has 0 radical (unpaired) electrons. The zero-order valence-electron chi connectivity index (χ0n) is 50.0. The van der Waals surface area contributed by atoms with E-state index in [4.69, 9.17) is 0 Å². The summed E-state index contributed by atoms with van der Waals surface area (Å²) in [5.74, 6) is 0. The summed E-state index contributed by atoms with van der Waals surface area (Å²) in [6.07, 6.45) is 36.8. The van der Waals surface area contributed by atoms with Crippen molar-refractivity contribution in [2.75, 3.05) is 0 Å². The number of rotatable bonds is 32. The predicted molar refractivity (Wildman–Crippen MR) is 338 cm³/mol. The van der Waals surface area contributed by atoms with Crippen LogP contribution in [-0.2, 0) is 16.2 Å². The van der Waals surface area contributed by atoms with Crippen LogP contribution in [0.5, 0.6) is 0 Å². The van der Waals surface area contributed by atoms with Crippen LogP contribution in [0.15, 0.2) is 109 Å². The molecule has 0 fully saturated rings. The topological polar surface area (TPSA) is 47.6 Å². The second-order valence-electron chi connectivity index (χ2n) is 24.9. The largest absolute Gasteiger partial charge is 0.192 e. The smallest absolute Gasteiger partial charge is 0.0991 e. The van der Waals surface area contributed by atoms with Gasteiger partial charge in [-0.3, -0.25) is 0 Å². The fraction of sp³-hybridized carbons (Fsp3) is 0.506. The van der Waals surface area contributed by atoms with Crippen molar-refractivity contribution in [3.05, 3.63) is 154 Å². The number of nitriles is 2. The Morgan fingerprint density at radius 2 is 0.456 bits per heavy atom. The average Bonchev–Trinajstić information content (AvgIpc) is 3.78. The highest BCUT2D eigenvalue weighted by atomic mass is 14.5. The first-order chi connectivity index (χ1) is 38.8. The summed E-state index contributed by atoms with van der Waals surface area (Å²) in [6, 6.07) is 48.6. The molecule has 0 aromatic heterocycles. The van der Waals surface area contributed by atoms with Gasteiger partial charge in [0.15, 0.2) is 0 Å². The van der Waals surface area contributed by atoms with E-state index >= 15 is 0 Å². The van der Waals surface area contributed by atoms with Crippen LogP contribution in [0.3, 0.4) is 0 Å². The molecule has 0 spiro atoms. The Hall–Kier alpha value is -5.70. The molecular formula is C77H96N2. The lowest BCUT2D eigenvalue weighted by Gasteiger charge is -2.34.